The van der Waals surface area contributed by atoms with E-state index in [2.05, 4.69) is 48.6 Å². The van der Waals surface area contributed by atoms with Crippen molar-refractivity contribution in [2.45, 2.75) is 39.8 Å². The van der Waals surface area contributed by atoms with E-state index < -0.39 is 0 Å². The molecule has 1 aliphatic heterocycles. The van der Waals surface area contributed by atoms with Crippen LogP contribution in [-0.2, 0) is 17.7 Å². The van der Waals surface area contributed by atoms with Crippen LogP contribution in [0.1, 0.15) is 31.9 Å². The van der Waals surface area contributed by atoms with Crippen molar-refractivity contribution in [2.75, 3.05) is 53.6 Å². The maximum atomic E-state index is 5.91. The lowest BCUT2D eigenvalue weighted by Crippen LogP contribution is -2.41. The second kappa shape index (κ2) is 13.9. The van der Waals surface area contributed by atoms with Crippen LogP contribution in [0.4, 0.5) is 0 Å². The molecule has 0 bridgehead atoms. The van der Waals surface area contributed by atoms with E-state index in [1.807, 2.05) is 6.92 Å². The van der Waals surface area contributed by atoms with E-state index in [0.29, 0.717) is 13.2 Å². The maximum Gasteiger partial charge on any atom is 0.191 e. The Morgan fingerprint density at radius 2 is 2.07 bits per heavy atom. The van der Waals surface area contributed by atoms with Crippen molar-refractivity contribution in [3.05, 3.63) is 23.3 Å². The summed E-state index contributed by atoms with van der Waals surface area (Å²) in [6.07, 6.45) is 1.15. The highest BCUT2D eigenvalue weighted by molar-refractivity contribution is 14.0. The average Bonchev–Trinajstić information content (AvgIpc) is 3.03. The summed E-state index contributed by atoms with van der Waals surface area (Å²) in [5, 5.41) is 6.70. The summed E-state index contributed by atoms with van der Waals surface area (Å²) in [6, 6.07) is 4.19. The molecule has 0 saturated heterocycles. The summed E-state index contributed by atoms with van der Waals surface area (Å²) in [4.78, 5) is 6.97. The van der Waals surface area contributed by atoms with Crippen LogP contribution in [0, 0.1) is 0 Å². The average molecular weight is 520 g/mol. The van der Waals surface area contributed by atoms with Crippen molar-refractivity contribution in [1.82, 2.24) is 15.5 Å². The Bertz CT molecular complexity index is 643. The van der Waals surface area contributed by atoms with E-state index in [1.54, 1.807) is 7.11 Å². The first-order chi connectivity index (χ1) is 13.6. The fourth-order valence-electron chi connectivity index (χ4n) is 3.12. The van der Waals surface area contributed by atoms with Gasteiger partial charge in [0.05, 0.1) is 19.8 Å². The molecule has 0 spiro atoms. The minimum Gasteiger partial charge on any atom is -0.494 e. The molecule has 2 N–H and O–H groups in total. The summed E-state index contributed by atoms with van der Waals surface area (Å²) in [5.41, 5.74) is 2.26. The van der Waals surface area contributed by atoms with Gasteiger partial charge in [0.2, 0.25) is 0 Å². The van der Waals surface area contributed by atoms with Gasteiger partial charge in [-0.1, -0.05) is 0 Å². The van der Waals surface area contributed by atoms with Gasteiger partial charge in [-0.25, -0.2) is 4.99 Å². The van der Waals surface area contributed by atoms with Crippen molar-refractivity contribution >= 4 is 29.9 Å². The number of hydrogen-bond donors (Lipinski definition) is 2. The lowest BCUT2D eigenvalue weighted by atomic mass is 10.1. The molecule has 0 amide bonds. The maximum absolute atomic E-state index is 5.91. The van der Waals surface area contributed by atoms with Gasteiger partial charge in [-0.15, -0.1) is 24.0 Å². The van der Waals surface area contributed by atoms with Gasteiger partial charge in [0, 0.05) is 50.8 Å². The Balaban J connectivity index is 0.00000420. The molecule has 0 fully saturated rings. The Morgan fingerprint density at radius 1 is 1.28 bits per heavy atom. The molecule has 29 heavy (non-hydrogen) atoms. The van der Waals surface area contributed by atoms with Gasteiger partial charge in [0.25, 0.3) is 0 Å². The summed E-state index contributed by atoms with van der Waals surface area (Å²) < 4.78 is 16.9. The number of nitrogens with zero attached hydrogens (tertiary/aromatic N) is 2. The number of nitrogens with one attached hydrogen (secondary N) is 2. The third-order valence-corrected chi connectivity index (χ3v) is 4.59. The van der Waals surface area contributed by atoms with Gasteiger partial charge in [-0.3, -0.25) is 0 Å². The summed E-state index contributed by atoms with van der Waals surface area (Å²) >= 11 is 0. The number of aliphatic imine (C=N–C) groups is 1. The van der Waals surface area contributed by atoms with Crippen molar-refractivity contribution in [2.24, 2.45) is 4.99 Å². The van der Waals surface area contributed by atoms with Crippen LogP contribution in [0.25, 0.3) is 0 Å². The highest BCUT2D eigenvalue weighted by Crippen LogP contribution is 2.35. The second-order valence-electron chi connectivity index (χ2n) is 7.05. The Kier molecular flexibility index (Phi) is 12.3. The summed E-state index contributed by atoms with van der Waals surface area (Å²) in [6.45, 7) is 11.5. The third-order valence-electron chi connectivity index (χ3n) is 4.59. The van der Waals surface area contributed by atoms with Crippen LogP contribution in [0.2, 0.25) is 0 Å². The number of guanidine groups is 1. The van der Waals surface area contributed by atoms with E-state index in [4.69, 9.17) is 19.2 Å². The van der Waals surface area contributed by atoms with E-state index in [1.165, 1.54) is 5.56 Å². The Morgan fingerprint density at radius 3 is 2.76 bits per heavy atom. The number of methoxy groups -OCH3 is 1. The smallest absolute Gasteiger partial charge is 0.191 e. The van der Waals surface area contributed by atoms with Gasteiger partial charge < -0.3 is 29.7 Å². The summed E-state index contributed by atoms with van der Waals surface area (Å²) in [5.74, 6) is 2.66. The Hall–Kier alpha value is -1.26. The molecule has 166 valence electrons. The first-order valence-corrected chi connectivity index (χ1v) is 10.2. The molecule has 1 atom stereocenters. The molecule has 2 rings (SSSR count). The first-order valence-electron chi connectivity index (χ1n) is 10.2. The molecule has 1 aromatic rings. The minimum atomic E-state index is 0. The molecular formula is C21H37IN4O3. The predicted octanol–water partition coefficient (Wildman–Crippen LogP) is 2.66. The first kappa shape index (κ1) is 25.8. The standard InChI is InChI=1S/C21H36N4O3.HI/c1-6-22-21(23-8-9-25(4)10-11-26-5)24-15-18-14-20-17(12-16(3)28-20)13-19(18)27-7-2;/h13-14,16H,6-12,15H2,1-5H3,(H2,22,23,24);1H. The van der Waals surface area contributed by atoms with Crippen molar-refractivity contribution < 1.29 is 14.2 Å². The minimum absolute atomic E-state index is 0. The molecule has 1 aromatic carbocycles. The van der Waals surface area contributed by atoms with Gasteiger partial charge in [0.1, 0.15) is 17.6 Å². The molecule has 0 aliphatic carbocycles. The van der Waals surface area contributed by atoms with Gasteiger partial charge in [0.15, 0.2) is 5.96 Å². The van der Waals surface area contributed by atoms with Crippen molar-refractivity contribution in [1.29, 1.82) is 0 Å². The molecule has 7 nitrogen and oxygen atoms in total. The largest absolute Gasteiger partial charge is 0.494 e. The fraction of sp³-hybridized carbons (Fsp3) is 0.667. The zero-order valence-corrected chi connectivity index (χ0v) is 20.7. The SMILES string of the molecule is CCNC(=NCc1cc2c(cc1OCC)CC(C)O2)NCCN(C)CCOC.I. The van der Waals surface area contributed by atoms with E-state index in [9.17, 15) is 0 Å². The predicted molar refractivity (Wildman–Crippen MR) is 129 cm³/mol. The number of likely N-dealkylation sites (N-methyl/N-ethyl adjacent to an activating group) is 1. The van der Waals surface area contributed by atoms with Gasteiger partial charge in [-0.2, -0.15) is 0 Å². The molecule has 0 radical (unpaired) electrons. The van der Waals surface area contributed by atoms with Crippen LogP contribution >= 0.6 is 24.0 Å². The fourth-order valence-corrected chi connectivity index (χ4v) is 3.12. The monoisotopic (exact) mass is 520 g/mol. The number of fused-ring (bicyclic) bond motifs is 1. The van der Waals surface area contributed by atoms with Crippen LogP contribution < -0.4 is 20.1 Å². The van der Waals surface area contributed by atoms with Crippen molar-refractivity contribution in [3.63, 3.8) is 0 Å². The molecule has 1 heterocycles. The Labute approximate surface area is 192 Å². The van der Waals surface area contributed by atoms with E-state index in [0.717, 1.165) is 62.2 Å². The number of hydrogen-bond acceptors (Lipinski definition) is 5. The molecule has 1 aliphatic rings. The second-order valence-corrected chi connectivity index (χ2v) is 7.05. The topological polar surface area (TPSA) is 67.4 Å². The van der Waals surface area contributed by atoms with Gasteiger partial charge >= 0.3 is 0 Å². The summed E-state index contributed by atoms with van der Waals surface area (Å²) in [7, 11) is 3.81. The third kappa shape index (κ3) is 8.55. The molecule has 0 aromatic heterocycles. The molecule has 0 saturated carbocycles. The normalized spacial score (nSPS) is 15.5. The highest BCUT2D eigenvalue weighted by atomic mass is 127. The van der Waals surface area contributed by atoms with Gasteiger partial charge in [-0.05, 0) is 40.0 Å². The number of halogens is 1. The van der Waals surface area contributed by atoms with Crippen LogP contribution in [-0.4, -0.2) is 70.5 Å². The van der Waals surface area contributed by atoms with Crippen LogP contribution in [0.3, 0.4) is 0 Å². The lowest BCUT2D eigenvalue weighted by molar-refractivity contribution is 0.162. The molecular weight excluding hydrogens is 483 g/mol. The molecule has 1 unspecified atom stereocenters. The number of benzene rings is 1. The zero-order chi connectivity index (χ0) is 20.4. The number of ether oxygens (including phenoxy) is 3. The quantitative estimate of drug-likeness (QED) is 0.266. The van der Waals surface area contributed by atoms with E-state index >= 15 is 0 Å². The lowest BCUT2D eigenvalue weighted by Gasteiger charge is -2.18. The highest BCUT2D eigenvalue weighted by Gasteiger charge is 2.21. The molecule has 8 heteroatoms. The van der Waals surface area contributed by atoms with Crippen LogP contribution in [0.15, 0.2) is 17.1 Å². The van der Waals surface area contributed by atoms with Crippen molar-refractivity contribution in [3.8, 4) is 11.5 Å². The van der Waals surface area contributed by atoms with Crippen LogP contribution in [0.5, 0.6) is 11.5 Å². The number of rotatable bonds is 11. The zero-order valence-electron chi connectivity index (χ0n) is 18.4. The van der Waals surface area contributed by atoms with E-state index in [-0.39, 0.29) is 30.1 Å².